The lowest BCUT2D eigenvalue weighted by Gasteiger charge is -2.07. The molecule has 2 heterocycles. The van der Waals surface area contributed by atoms with Gasteiger partial charge in [-0.25, -0.2) is 9.78 Å². The topological polar surface area (TPSA) is 90.7 Å². The van der Waals surface area contributed by atoms with Gasteiger partial charge in [0.1, 0.15) is 17.1 Å². The van der Waals surface area contributed by atoms with Crippen molar-refractivity contribution in [3.8, 4) is 22.8 Å². The summed E-state index contributed by atoms with van der Waals surface area (Å²) in [5, 5.41) is 5.83. The first-order valence-corrected chi connectivity index (χ1v) is 9.97. The Balaban J connectivity index is 1.42. The number of hydrogen-bond acceptors (Lipinski definition) is 7. The number of rotatable bonds is 6. The number of nitrogens with zero attached hydrogens (tertiary/aromatic N) is 1. The monoisotopic (exact) mass is 422 g/mol. The average Bonchev–Trinajstić information content (AvgIpc) is 3.20. The molecule has 2 aromatic carbocycles. The number of thiazole rings is 1. The summed E-state index contributed by atoms with van der Waals surface area (Å²) in [6.07, 6.45) is 0. The number of anilines is 1. The molecule has 0 spiro atoms. The van der Waals surface area contributed by atoms with Gasteiger partial charge in [0.2, 0.25) is 0 Å². The highest BCUT2D eigenvalue weighted by molar-refractivity contribution is 7.14. The second-order valence-electron chi connectivity index (χ2n) is 6.53. The SMILES string of the molecule is COc1ccc(C)cc1-c1csc(NC(=O)COc2ccc3ccc(=O)oc3c2)n1. The Morgan fingerprint density at radius 3 is 2.83 bits per heavy atom. The zero-order chi connectivity index (χ0) is 21.1. The second kappa shape index (κ2) is 8.38. The number of amides is 1. The fraction of sp³-hybridized carbons (Fsp3) is 0.136. The van der Waals surface area contributed by atoms with E-state index >= 15 is 0 Å². The van der Waals surface area contributed by atoms with E-state index in [0.717, 1.165) is 28.0 Å². The van der Waals surface area contributed by atoms with Crippen molar-refractivity contribution in [2.24, 2.45) is 0 Å². The molecular formula is C22H18N2O5S. The summed E-state index contributed by atoms with van der Waals surface area (Å²) in [6, 6.07) is 13.9. The van der Waals surface area contributed by atoms with E-state index in [2.05, 4.69) is 10.3 Å². The molecule has 0 radical (unpaired) electrons. The Labute approximate surface area is 175 Å². The van der Waals surface area contributed by atoms with Gasteiger partial charge in [-0.05, 0) is 37.3 Å². The maximum absolute atomic E-state index is 12.3. The minimum absolute atomic E-state index is 0.203. The Morgan fingerprint density at radius 1 is 1.17 bits per heavy atom. The third-order valence-corrected chi connectivity index (χ3v) is 5.10. The second-order valence-corrected chi connectivity index (χ2v) is 7.39. The molecule has 1 amide bonds. The molecule has 1 N–H and O–H groups in total. The number of carbonyl (C=O) groups excluding carboxylic acids is 1. The van der Waals surface area contributed by atoms with Crippen LogP contribution in [0.1, 0.15) is 5.56 Å². The highest BCUT2D eigenvalue weighted by atomic mass is 32.1. The van der Waals surface area contributed by atoms with Crippen molar-refractivity contribution in [2.75, 3.05) is 19.0 Å². The molecule has 0 aliphatic carbocycles. The van der Waals surface area contributed by atoms with E-state index in [1.54, 1.807) is 31.4 Å². The van der Waals surface area contributed by atoms with Gasteiger partial charge in [0.15, 0.2) is 11.7 Å². The Morgan fingerprint density at radius 2 is 2.00 bits per heavy atom. The van der Waals surface area contributed by atoms with E-state index in [1.165, 1.54) is 17.4 Å². The minimum atomic E-state index is -0.442. The van der Waals surface area contributed by atoms with Crippen LogP contribution in [0.2, 0.25) is 0 Å². The molecule has 4 rings (SSSR count). The number of benzene rings is 2. The summed E-state index contributed by atoms with van der Waals surface area (Å²) >= 11 is 1.32. The van der Waals surface area contributed by atoms with E-state index < -0.39 is 5.63 Å². The van der Waals surface area contributed by atoms with Gasteiger partial charge in [-0.1, -0.05) is 11.6 Å². The molecule has 2 aromatic heterocycles. The highest BCUT2D eigenvalue weighted by Gasteiger charge is 2.12. The van der Waals surface area contributed by atoms with E-state index in [-0.39, 0.29) is 12.5 Å². The van der Waals surface area contributed by atoms with E-state index in [1.807, 2.05) is 30.5 Å². The predicted molar refractivity (Wildman–Crippen MR) is 115 cm³/mol. The number of methoxy groups -OCH3 is 1. The molecule has 0 saturated carbocycles. The zero-order valence-electron chi connectivity index (χ0n) is 16.3. The van der Waals surface area contributed by atoms with Crippen molar-refractivity contribution in [2.45, 2.75) is 6.92 Å². The molecule has 4 aromatic rings. The molecule has 0 atom stereocenters. The molecule has 0 saturated heterocycles. The largest absolute Gasteiger partial charge is 0.496 e. The zero-order valence-corrected chi connectivity index (χ0v) is 17.1. The lowest BCUT2D eigenvalue weighted by atomic mass is 10.1. The van der Waals surface area contributed by atoms with Gasteiger partial charge >= 0.3 is 5.63 Å². The van der Waals surface area contributed by atoms with Gasteiger partial charge in [0.25, 0.3) is 5.91 Å². The maximum atomic E-state index is 12.3. The third-order valence-electron chi connectivity index (χ3n) is 4.35. The van der Waals surface area contributed by atoms with Crippen LogP contribution in [0.25, 0.3) is 22.2 Å². The predicted octanol–water partition coefficient (Wildman–Crippen LogP) is 4.25. The van der Waals surface area contributed by atoms with Gasteiger partial charge in [-0.2, -0.15) is 0 Å². The van der Waals surface area contributed by atoms with Gasteiger partial charge < -0.3 is 13.9 Å². The molecule has 0 fully saturated rings. The molecule has 0 aliphatic heterocycles. The molecule has 0 aliphatic rings. The number of aromatic nitrogens is 1. The molecule has 8 heteroatoms. The Bertz CT molecular complexity index is 1280. The summed E-state index contributed by atoms with van der Waals surface area (Å²) in [6.45, 7) is 1.79. The standard InChI is InChI=1S/C22H18N2O5S/c1-13-3-7-18(27-2)16(9-13)17-12-30-22(23-17)24-20(25)11-28-15-6-4-14-5-8-21(26)29-19(14)10-15/h3-10,12H,11H2,1-2H3,(H,23,24,25). The smallest absolute Gasteiger partial charge is 0.336 e. The average molecular weight is 422 g/mol. The van der Waals surface area contributed by atoms with Crippen LogP contribution < -0.4 is 20.4 Å². The van der Waals surface area contributed by atoms with Crippen LogP contribution in [0.3, 0.4) is 0 Å². The summed E-state index contributed by atoms with van der Waals surface area (Å²) < 4.78 is 16.0. The lowest BCUT2D eigenvalue weighted by Crippen LogP contribution is -2.20. The summed E-state index contributed by atoms with van der Waals surface area (Å²) in [5.41, 5.74) is 2.63. The van der Waals surface area contributed by atoms with Gasteiger partial charge in [-0.3, -0.25) is 10.1 Å². The number of aryl methyl sites for hydroxylation is 1. The minimum Gasteiger partial charge on any atom is -0.496 e. The van der Waals surface area contributed by atoms with Crippen molar-refractivity contribution in [1.82, 2.24) is 4.98 Å². The van der Waals surface area contributed by atoms with Crippen LogP contribution in [0.15, 0.2) is 63.1 Å². The summed E-state index contributed by atoms with van der Waals surface area (Å²) in [7, 11) is 1.61. The first-order valence-electron chi connectivity index (χ1n) is 9.09. The number of hydrogen-bond donors (Lipinski definition) is 1. The van der Waals surface area contributed by atoms with Crippen LogP contribution >= 0.6 is 11.3 Å². The van der Waals surface area contributed by atoms with Crippen LogP contribution in [-0.4, -0.2) is 24.6 Å². The number of fused-ring (bicyclic) bond motifs is 1. The van der Waals surface area contributed by atoms with Crippen LogP contribution in [0, 0.1) is 6.92 Å². The van der Waals surface area contributed by atoms with E-state index in [4.69, 9.17) is 13.9 Å². The molecular weight excluding hydrogens is 404 g/mol. The molecule has 30 heavy (non-hydrogen) atoms. The fourth-order valence-electron chi connectivity index (χ4n) is 2.91. The highest BCUT2D eigenvalue weighted by Crippen LogP contribution is 2.33. The quantitative estimate of drug-likeness (QED) is 0.467. The summed E-state index contributed by atoms with van der Waals surface area (Å²) in [5.74, 6) is 0.799. The van der Waals surface area contributed by atoms with E-state index in [9.17, 15) is 9.59 Å². The molecule has 152 valence electrons. The molecule has 0 unspecified atom stereocenters. The van der Waals surface area contributed by atoms with Crippen molar-refractivity contribution in [1.29, 1.82) is 0 Å². The Kier molecular flexibility index (Phi) is 5.49. The lowest BCUT2D eigenvalue weighted by molar-refractivity contribution is -0.118. The van der Waals surface area contributed by atoms with Gasteiger partial charge in [-0.15, -0.1) is 11.3 Å². The molecule has 7 nitrogen and oxygen atoms in total. The van der Waals surface area contributed by atoms with Crippen molar-refractivity contribution in [3.05, 3.63) is 69.9 Å². The maximum Gasteiger partial charge on any atom is 0.336 e. The van der Waals surface area contributed by atoms with Gasteiger partial charge in [0.05, 0.1) is 12.8 Å². The van der Waals surface area contributed by atoms with E-state index in [0.29, 0.717) is 16.5 Å². The normalized spacial score (nSPS) is 10.7. The van der Waals surface area contributed by atoms with Crippen LogP contribution in [0.5, 0.6) is 11.5 Å². The number of carbonyl (C=O) groups is 1. The van der Waals surface area contributed by atoms with Crippen LogP contribution in [0.4, 0.5) is 5.13 Å². The van der Waals surface area contributed by atoms with Crippen molar-refractivity contribution in [3.63, 3.8) is 0 Å². The number of nitrogens with one attached hydrogen (secondary N) is 1. The first kappa shape index (κ1) is 19.7. The Hall–Kier alpha value is -3.65. The van der Waals surface area contributed by atoms with Crippen LogP contribution in [-0.2, 0) is 4.79 Å². The third kappa shape index (κ3) is 4.33. The summed E-state index contributed by atoms with van der Waals surface area (Å²) in [4.78, 5) is 28.1. The number of ether oxygens (including phenoxy) is 2. The van der Waals surface area contributed by atoms with Gasteiger partial charge in [0, 0.05) is 28.5 Å². The molecule has 0 bridgehead atoms. The first-order chi connectivity index (χ1) is 14.5. The fourth-order valence-corrected chi connectivity index (χ4v) is 3.64. The van der Waals surface area contributed by atoms with Crippen molar-refractivity contribution < 1.29 is 18.7 Å². The van der Waals surface area contributed by atoms with Crippen molar-refractivity contribution >= 4 is 33.3 Å².